The van der Waals surface area contributed by atoms with Gasteiger partial charge in [-0.25, -0.2) is 4.39 Å². The lowest BCUT2D eigenvalue weighted by Gasteiger charge is -2.32. The second-order valence-electron chi connectivity index (χ2n) is 5.50. The molecule has 1 aromatic heterocycles. The first-order chi connectivity index (χ1) is 11.6. The van der Waals surface area contributed by atoms with E-state index in [2.05, 4.69) is 10.3 Å². The van der Waals surface area contributed by atoms with Gasteiger partial charge in [0.2, 0.25) is 5.56 Å². The van der Waals surface area contributed by atoms with Crippen LogP contribution in [0.15, 0.2) is 47.4 Å². The van der Waals surface area contributed by atoms with Gasteiger partial charge in [0, 0.05) is 24.9 Å². The van der Waals surface area contributed by atoms with Crippen LogP contribution in [0.1, 0.15) is 16.8 Å². The molecule has 126 valence electrons. The van der Waals surface area contributed by atoms with Crippen LogP contribution in [0.4, 0.5) is 4.39 Å². The molecule has 0 unspecified atom stereocenters. The first kappa shape index (κ1) is 16.2. The van der Waals surface area contributed by atoms with Gasteiger partial charge in [0.25, 0.3) is 5.91 Å². The van der Waals surface area contributed by atoms with Crippen molar-refractivity contribution in [3.8, 4) is 5.75 Å². The van der Waals surface area contributed by atoms with E-state index >= 15 is 0 Å². The summed E-state index contributed by atoms with van der Waals surface area (Å²) in [5.74, 6) is -0.321. The second kappa shape index (κ2) is 7.27. The number of carbonyl (C=O) groups excluding carboxylic acids is 1. The third-order valence-electron chi connectivity index (χ3n) is 3.75. The number of aromatic nitrogens is 1. The maximum Gasteiger partial charge on any atom is 0.253 e. The van der Waals surface area contributed by atoms with E-state index in [0.29, 0.717) is 30.9 Å². The number of aromatic amines is 1. The van der Waals surface area contributed by atoms with Crippen molar-refractivity contribution in [3.05, 3.63) is 64.3 Å². The Bertz CT molecular complexity index is 757. The van der Waals surface area contributed by atoms with Gasteiger partial charge in [-0.05, 0) is 24.6 Å². The smallest absolute Gasteiger partial charge is 0.253 e. The largest absolute Gasteiger partial charge is 0.486 e. The Labute approximate surface area is 137 Å². The summed E-state index contributed by atoms with van der Waals surface area (Å²) >= 11 is 0. The van der Waals surface area contributed by atoms with Crippen LogP contribution in [0.2, 0.25) is 0 Å². The van der Waals surface area contributed by atoms with E-state index in [1.165, 1.54) is 30.5 Å². The molecule has 0 radical (unpaired) electrons. The second-order valence-corrected chi connectivity index (χ2v) is 5.50. The molecule has 0 spiro atoms. The van der Waals surface area contributed by atoms with Crippen LogP contribution in [0.25, 0.3) is 0 Å². The standard InChI is InChI=1S/C17H17FN2O4/c18-12-2-1-3-13(8-12)24-15-10-23-7-6-14(15)20-17(22)11-4-5-16(21)19-9-11/h1-5,8-9,14-15H,6-7,10H2,(H,19,21)(H,20,22)/t14-,15-/m1/s1. The number of halogens is 1. The van der Waals surface area contributed by atoms with E-state index in [4.69, 9.17) is 9.47 Å². The maximum absolute atomic E-state index is 13.3. The summed E-state index contributed by atoms with van der Waals surface area (Å²) in [6.45, 7) is 0.798. The molecule has 2 aromatic rings. The summed E-state index contributed by atoms with van der Waals surface area (Å²) in [6, 6.07) is 8.30. The Morgan fingerprint density at radius 2 is 2.21 bits per heavy atom. The lowest BCUT2D eigenvalue weighted by Crippen LogP contribution is -2.51. The Balaban J connectivity index is 1.69. The highest BCUT2D eigenvalue weighted by molar-refractivity contribution is 5.94. The summed E-state index contributed by atoms with van der Waals surface area (Å²) in [5, 5.41) is 2.88. The van der Waals surface area contributed by atoms with Gasteiger partial charge in [0.1, 0.15) is 17.7 Å². The summed E-state index contributed by atoms with van der Waals surface area (Å²) < 4.78 is 24.4. The molecule has 1 fully saturated rings. The first-order valence-electron chi connectivity index (χ1n) is 7.61. The Kier molecular flexibility index (Phi) is 4.90. The number of hydrogen-bond acceptors (Lipinski definition) is 4. The number of rotatable bonds is 4. The monoisotopic (exact) mass is 332 g/mol. The van der Waals surface area contributed by atoms with E-state index in [0.717, 1.165) is 0 Å². The molecule has 1 aliphatic heterocycles. The van der Waals surface area contributed by atoms with Crippen molar-refractivity contribution in [2.45, 2.75) is 18.6 Å². The molecule has 3 rings (SSSR count). The molecule has 2 heterocycles. The zero-order valence-electron chi connectivity index (χ0n) is 12.8. The highest BCUT2D eigenvalue weighted by atomic mass is 19.1. The number of amides is 1. The molecule has 0 saturated carbocycles. The summed E-state index contributed by atoms with van der Waals surface area (Å²) in [7, 11) is 0. The highest BCUT2D eigenvalue weighted by Crippen LogP contribution is 2.19. The molecule has 1 saturated heterocycles. The fourth-order valence-corrected chi connectivity index (χ4v) is 2.51. The van der Waals surface area contributed by atoms with Crippen molar-refractivity contribution < 1.29 is 18.7 Å². The average molecular weight is 332 g/mol. The van der Waals surface area contributed by atoms with E-state index in [-0.39, 0.29) is 17.5 Å². The minimum absolute atomic E-state index is 0.273. The molecule has 7 heteroatoms. The van der Waals surface area contributed by atoms with E-state index in [1.54, 1.807) is 12.1 Å². The number of hydrogen-bond donors (Lipinski definition) is 2. The number of benzene rings is 1. The van der Waals surface area contributed by atoms with Crippen LogP contribution in [0.5, 0.6) is 5.75 Å². The highest BCUT2D eigenvalue weighted by Gasteiger charge is 2.29. The number of pyridine rings is 1. The van der Waals surface area contributed by atoms with Gasteiger partial charge < -0.3 is 19.8 Å². The lowest BCUT2D eigenvalue weighted by atomic mass is 10.1. The van der Waals surface area contributed by atoms with Crippen LogP contribution in [-0.2, 0) is 4.74 Å². The topological polar surface area (TPSA) is 80.4 Å². The molecule has 2 N–H and O–H groups in total. The maximum atomic E-state index is 13.3. The quantitative estimate of drug-likeness (QED) is 0.889. The number of H-pyrrole nitrogens is 1. The minimum atomic E-state index is -0.424. The van der Waals surface area contributed by atoms with Gasteiger partial charge in [-0.15, -0.1) is 0 Å². The normalized spacial score (nSPS) is 20.4. The number of nitrogens with one attached hydrogen (secondary N) is 2. The molecular formula is C17H17FN2O4. The fraction of sp³-hybridized carbons (Fsp3) is 0.294. The first-order valence-corrected chi connectivity index (χ1v) is 7.61. The molecule has 1 amide bonds. The van der Waals surface area contributed by atoms with Crippen LogP contribution < -0.4 is 15.6 Å². The zero-order chi connectivity index (χ0) is 16.9. The Hall–Kier alpha value is -2.67. The van der Waals surface area contributed by atoms with E-state index < -0.39 is 11.9 Å². The van der Waals surface area contributed by atoms with Crippen LogP contribution in [-0.4, -0.2) is 36.3 Å². The SMILES string of the molecule is O=C(N[C@@H]1CCOC[C@H]1Oc1cccc(F)c1)c1ccc(=O)[nH]c1. The average Bonchev–Trinajstić information content (AvgIpc) is 2.57. The summed E-state index contributed by atoms with van der Waals surface area (Å²) in [6.07, 6.45) is 1.52. The van der Waals surface area contributed by atoms with Crippen LogP contribution in [0, 0.1) is 5.82 Å². The van der Waals surface area contributed by atoms with Crippen molar-refractivity contribution in [3.63, 3.8) is 0 Å². The third-order valence-corrected chi connectivity index (χ3v) is 3.75. The van der Waals surface area contributed by atoms with Crippen molar-refractivity contribution in [2.24, 2.45) is 0 Å². The van der Waals surface area contributed by atoms with Gasteiger partial charge in [0.05, 0.1) is 18.2 Å². The molecule has 0 aliphatic carbocycles. The third kappa shape index (κ3) is 3.99. The molecule has 2 atom stereocenters. The molecule has 24 heavy (non-hydrogen) atoms. The summed E-state index contributed by atoms with van der Waals surface area (Å²) in [5.41, 5.74) is 0.0792. The molecular weight excluding hydrogens is 315 g/mol. The van der Waals surface area contributed by atoms with Crippen LogP contribution in [0.3, 0.4) is 0 Å². The van der Waals surface area contributed by atoms with Gasteiger partial charge in [0.15, 0.2) is 0 Å². The van der Waals surface area contributed by atoms with Crippen molar-refractivity contribution in [1.29, 1.82) is 0 Å². The van der Waals surface area contributed by atoms with Gasteiger partial charge >= 0.3 is 0 Å². The Morgan fingerprint density at radius 3 is 2.96 bits per heavy atom. The van der Waals surface area contributed by atoms with Gasteiger partial charge in [-0.2, -0.15) is 0 Å². The van der Waals surface area contributed by atoms with E-state index in [1.807, 2.05) is 0 Å². The summed E-state index contributed by atoms with van der Waals surface area (Å²) in [4.78, 5) is 25.8. The predicted molar refractivity (Wildman–Crippen MR) is 84.6 cm³/mol. The van der Waals surface area contributed by atoms with Gasteiger partial charge in [-0.3, -0.25) is 9.59 Å². The van der Waals surface area contributed by atoms with Crippen molar-refractivity contribution in [1.82, 2.24) is 10.3 Å². The zero-order valence-corrected chi connectivity index (χ0v) is 12.8. The molecule has 6 nitrogen and oxygen atoms in total. The Morgan fingerprint density at radius 1 is 1.33 bits per heavy atom. The molecule has 0 bridgehead atoms. The fourth-order valence-electron chi connectivity index (χ4n) is 2.51. The molecule has 1 aliphatic rings. The minimum Gasteiger partial charge on any atom is -0.486 e. The van der Waals surface area contributed by atoms with E-state index in [9.17, 15) is 14.0 Å². The lowest BCUT2D eigenvalue weighted by molar-refractivity contribution is -0.0136. The predicted octanol–water partition coefficient (Wildman–Crippen LogP) is 1.48. The van der Waals surface area contributed by atoms with Crippen molar-refractivity contribution in [2.75, 3.05) is 13.2 Å². The number of ether oxygens (including phenoxy) is 2. The van der Waals surface area contributed by atoms with Crippen molar-refractivity contribution >= 4 is 5.91 Å². The molecule has 1 aromatic carbocycles. The van der Waals surface area contributed by atoms with Gasteiger partial charge in [-0.1, -0.05) is 6.07 Å². The number of carbonyl (C=O) groups is 1. The van der Waals surface area contributed by atoms with Crippen LogP contribution >= 0.6 is 0 Å².